The summed E-state index contributed by atoms with van der Waals surface area (Å²) in [7, 11) is 3.12. The number of methoxy groups -OCH3 is 2. The van der Waals surface area contributed by atoms with Crippen molar-refractivity contribution in [2.24, 2.45) is 0 Å². The number of anilines is 1. The molecule has 130 valence electrons. The second-order valence-corrected chi connectivity index (χ2v) is 5.74. The Labute approximate surface area is 156 Å². The van der Waals surface area contributed by atoms with E-state index in [1.54, 1.807) is 56.7 Å². The average Bonchev–Trinajstić information content (AvgIpc) is 2.61. The van der Waals surface area contributed by atoms with Gasteiger partial charge in [-0.25, -0.2) is 0 Å². The van der Waals surface area contributed by atoms with Gasteiger partial charge in [0, 0.05) is 16.8 Å². The van der Waals surface area contributed by atoms with Crippen molar-refractivity contribution in [3.8, 4) is 11.5 Å². The molecule has 0 saturated carbocycles. The first kappa shape index (κ1) is 18.8. The molecule has 0 atom stereocenters. The van der Waals surface area contributed by atoms with E-state index >= 15 is 0 Å². The van der Waals surface area contributed by atoms with E-state index in [2.05, 4.69) is 10.6 Å². The molecular weight excluding hydrogens is 360 g/mol. The van der Waals surface area contributed by atoms with Crippen LogP contribution in [0, 0.1) is 0 Å². The lowest BCUT2D eigenvalue weighted by molar-refractivity contribution is -0.115. The highest BCUT2D eigenvalue weighted by Gasteiger charge is 2.04. The number of ether oxygens (including phenoxy) is 2. The van der Waals surface area contributed by atoms with Gasteiger partial charge in [-0.1, -0.05) is 17.7 Å². The zero-order chi connectivity index (χ0) is 18.2. The number of rotatable bonds is 5. The monoisotopic (exact) mass is 376 g/mol. The second kappa shape index (κ2) is 9.05. The van der Waals surface area contributed by atoms with Gasteiger partial charge in [0.25, 0.3) is 0 Å². The van der Waals surface area contributed by atoms with Gasteiger partial charge in [-0.2, -0.15) is 0 Å². The van der Waals surface area contributed by atoms with Gasteiger partial charge in [-0.3, -0.25) is 10.1 Å². The third-order valence-corrected chi connectivity index (χ3v) is 3.63. The molecule has 2 aromatic carbocycles. The number of amides is 1. The van der Waals surface area contributed by atoms with Crippen molar-refractivity contribution >= 4 is 46.6 Å². The smallest absolute Gasteiger partial charge is 0.250 e. The Morgan fingerprint density at radius 2 is 1.76 bits per heavy atom. The van der Waals surface area contributed by atoms with Gasteiger partial charge in [0.15, 0.2) is 16.6 Å². The lowest BCUT2D eigenvalue weighted by Crippen LogP contribution is -2.32. The van der Waals surface area contributed by atoms with Crippen LogP contribution in [-0.2, 0) is 4.79 Å². The molecule has 2 rings (SSSR count). The molecule has 5 nitrogen and oxygen atoms in total. The highest BCUT2D eigenvalue weighted by molar-refractivity contribution is 7.80. The SMILES string of the molecule is COc1ccc(/C=C/C(=O)NC(=S)Nc2ccc(Cl)cc2)cc1OC. The van der Waals surface area contributed by atoms with Crippen molar-refractivity contribution in [3.63, 3.8) is 0 Å². The van der Waals surface area contributed by atoms with Crippen molar-refractivity contribution in [3.05, 3.63) is 59.1 Å². The minimum absolute atomic E-state index is 0.198. The van der Waals surface area contributed by atoms with Gasteiger partial charge < -0.3 is 14.8 Å². The molecule has 0 spiro atoms. The summed E-state index contributed by atoms with van der Waals surface area (Å²) in [4.78, 5) is 11.9. The van der Waals surface area contributed by atoms with Gasteiger partial charge in [0.05, 0.1) is 14.2 Å². The Kier molecular flexibility index (Phi) is 6.80. The first-order valence-electron chi connectivity index (χ1n) is 7.29. The molecule has 1 amide bonds. The minimum atomic E-state index is -0.346. The normalized spacial score (nSPS) is 10.4. The Morgan fingerprint density at radius 1 is 1.08 bits per heavy atom. The van der Waals surface area contributed by atoms with E-state index in [1.165, 1.54) is 6.08 Å². The van der Waals surface area contributed by atoms with E-state index in [1.807, 2.05) is 6.07 Å². The summed E-state index contributed by atoms with van der Waals surface area (Å²) in [6, 6.07) is 12.3. The van der Waals surface area contributed by atoms with Crippen LogP contribution in [0.4, 0.5) is 5.69 Å². The Morgan fingerprint density at radius 3 is 2.40 bits per heavy atom. The topological polar surface area (TPSA) is 59.6 Å². The molecule has 2 N–H and O–H groups in total. The number of halogens is 1. The van der Waals surface area contributed by atoms with Crippen molar-refractivity contribution in [2.45, 2.75) is 0 Å². The van der Waals surface area contributed by atoms with Crippen LogP contribution in [0.2, 0.25) is 5.02 Å². The van der Waals surface area contributed by atoms with Gasteiger partial charge in [-0.15, -0.1) is 0 Å². The maximum atomic E-state index is 11.9. The minimum Gasteiger partial charge on any atom is -0.493 e. The first-order chi connectivity index (χ1) is 12.0. The van der Waals surface area contributed by atoms with E-state index in [4.69, 9.17) is 33.3 Å². The molecule has 0 saturated heterocycles. The van der Waals surface area contributed by atoms with Crippen LogP contribution in [0.1, 0.15) is 5.56 Å². The predicted octanol–water partition coefficient (Wildman–Crippen LogP) is 3.88. The number of hydrogen-bond donors (Lipinski definition) is 2. The summed E-state index contributed by atoms with van der Waals surface area (Å²) >= 11 is 10.9. The molecule has 2 aromatic rings. The zero-order valence-corrected chi connectivity index (χ0v) is 15.3. The zero-order valence-electron chi connectivity index (χ0n) is 13.7. The number of thiocarbonyl (C=S) groups is 1. The molecule has 0 bridgehead atoms. The summed E-state index contributed by atoms with van der Waals surface area (Å²) in [5.41, 5.74) is 1.53. The predicted molar refractivity (Wildman–Crippen MR) is 104 cm³/mol. The van der Waals surface area contributed by atoms with Gasteiger partial charge in [0.2, 0.25) is 5.91 Å². The molecule has 0 aromatic heterocycles. The van der Waals surface area contributed by atoms with Crippen molar-refractivity contribution in [1.29, 1.82) is 0 Å². The van der Waals surface area contributed by atoms with E-state index in [0.717, 1.165) is 11.3 Å². The quantitative estimate of drug-likeness (QED) is 0.612. The number of carbonyl (C=O) groups is 1. The van der Waals surface area contributed by atoms with E-state index in [0.29, 0.717) is 16.5 Å². The van der Waals surface area contributed by atoms with Crippen LogP contribution in [0.15, 0.2) is 48.5 Å². The molecule has 25 heavy (non-hydrogen) atoms. The van der Waals surface area contributed by atoms with Crippen LogP contribution in [-0.4, -0.2) is 25.2 Å². The Bertz CT molecular complexity index is 791. The van der Waals surface area contributed by atoms with Crippen molar-refractivity contribution in [1.82, 2.24) is 5.32 Å². The fourth-order valence-electron chi connectivity index (χ4n) is 1.98. The maximum absolute atomic E-state index is 11.9. The average molecular weight is 377 g/mol. The lowest BCUT2D eigenvalue weighted by Gasteiger charge is -2.08. The molecule has 7 heteroatoms. The van der Waals surface area contributed by atoms with Crippen molar-refractivity contribution in [2.75, 3.05) is 19.5 Å². The highest BCUT2D eigenvalue weighted by Crippen LogP contribution is 2.27. The maximum Gasteiger partial charge on any atom is 0.250 e. The summed E-state index contributed by atoms with van der Waals surface area (Å²) in [5.74, 6) is 0.865. The van der Waals surface area contributed by atoms with Crippen molar-refractivity contribution < 1.29 is 14.3 Å². The largest absolute Gasteiger partial charge is 0.493 e. The second-order valence-electron chi connectivity index (χ2n) is 4.90. The van der Waals surface area contributed by atoms with E-state index in [9.17, 15) is 4.79 Å². The van der Waals surface area contributed by atoms with Crippen LogP contribution < -0.4 is 20.1 Å². The lowest BCUT2D eigenvalue weighted by atomic mass is 10.2. The molecule has 0 aliphatic carbocycles. The third kappa shape index (κ3) is 5.77. The summed E-state index contributed by atoms with van der Waals surface area (Å²) in [5, 5.41) is 6.29. The van der Waals surface area contributed by atoms with Crippen LogP contribution in [0.25, 0.3) is 6.08 Å². The summed E-state index contributed by atoms with van der Waals surface area (Å²) in [6.45, 7) is 0. The number of hydrogen-bond acceptors (Lipinski definition) is 4. The fourth-order valence-corrected chi connectivity index (χ4v) is 2.32. The Hall–Kier alpha value is -2.57. The third-order valence-electron chi connectivity index (χ3n) is 3.17. The molecule has 0 radical (unpaired) electrons. The number of nitrogens with one attached hydrogen (secondary N) is 2. The molecule has 0 unspecified atom stereocenters. The molecule has 0 aliphatic heterocycles. The van der Waals surface area contributed by atoms with Gasteiger partial charge in [-0.05, 0) is 60.3 Å². The van der Waals surface area contributed by atoms with E-state index in [-0.39, 0.29) is 11.0 Å². The van der Waals surface area contributed by atoms with Crippen LogP contribution in [0.5, 0.6) is 11.5 Å². The molecular formula is C18H17ClN2O3S. The molecule has 0 heterocycles. The molecule has 0 fully saturated rings. The highest BCUT2D eigenvalue weighted by atomic mass is 35.5. The summed E-state index contributed by atoms with van der Waals surface area (Å²) in [6.07, 6.45) is 3.04. The van der Waals surface area contributed by atoms with Gasteiger partial charge >= 0.3 is 0 Å². The van der Waals surface area contributed by atoms with Gasteiger partial charge in [0.1, 0.15) is 0 Å². The first-order valence-corrected chi connectivity index (χ1v) is 8.08. The summed E-state index contributed by atoms with van der Waals surface area (Å²) < 4.78 is 10.4. The standard InChI is InChI=1S/C18H17ClN2O3S/c1-23-15-9-3-12(11-16(15)24-2)4-10-17(22)21-18(25)20-14-7-5-13(19)6-8-14/h3-11H,1-2H3,(H2,20,21,22,25)/b10-4+. The fraction of sp³-hybridized carbons (Fsp3) is 0.111. The molecule has 0 aliphatic rings. The van der Waals surface area contributed by atoms with Crippen LogP contribution >= 0.6 is 23.8 Å². The number of carbonyl (C=O) groups excluding carboxylic acids is 1. The Balaban J connectivity index is 1.93. The number of benzene rings is 2. The van der Waals surface area contributed by atoms with E-state index < -0.39 is 0 Å². The van der Waals surface area contributed by atoms with Crippen LogP contribution in [0.3, 0.4) is 0 Å².